The van der Waals surface area contributed by atoms with Crippen molar-refractivity contribution in [1.29, 1.82) is 0 Å². The summed E-state index contributed by atoms with van der Waals surface area (Å²) in [6.07, 6.45) is 2.74. The zero-order chi connectivity index (χ0) is 13.8. The van der Waals surface area contributed by atoms with Crippen LogP contribution in [0, 0.1) is 6.92 Å². The molecule has 0 aromatic carbocycles. The molecule has 1 fully saturated rings. The molecule has 2 rings (SSSR count). The van der Waals surface area contributed by atoms with Crippen LogP contribution in [-0.4, -0.2) is 44.6 Å². The van der Waals surface area contributed by atoms with E-state index in [-0.39, 0.29) is 5.91 Å². The van der Waals surface area contributed by atoms with Gasteiger partial charge >= 0.3 is 5.97 Å². The van der Waals surface area contributed by atoms with Gasteiger partial charge in [0, 0.05) is 19.4 Å². The molecule has 1 saturated heterocycles. The van der Waals surface area contributed by atoms with E-state index in [0.717, 1.165) is 6.42 Å². The number of carboxylic acids is 1. The molecule has 0 bridgehead atoms. The zero-order valence-electron chi connectivity index (χ0n) is 10.8. The molecule has 7 heteroatoms. The van der Waals surface area contributed by atoms with Gasteiger partial charge in [-0.1, -0.05) is 5.16 Å². The Bertz CT molecular complexity index is 471. The number of carbonyl (C=O) groups is 2. The number of likely N-dealkylation sites (tertiary alicyclic amines) is 1. The van der Waals surface area contributed by atoms with E-state index in [2.05, 4.69) is 10.1 Å². The highest BCUT2D eigenvalue weighted by atomic mass is 16.5. The van der Waals surface area contributed by atoms with Crippen LogP contribution in [0.2, 0.25) is 0 Å². The number of amides is 1. The van der Waals surface area contributed by atoms with E-state index in [1.54, 1.807) is 6.92 Å². The number of aryl methyl sites for hydroxylation is 2. The van der Waals surface area contributed by atoms with Crippen molar-refractivity contribution in [2.24, 2.45) is 0 Å². The number of aliphatic carboxylic acids is 1. The molecule has 1 aromatic rings. The third kappa shape index (κ3) is 3.30. The van der Waals surface area contributed by atoms with Gasteiger partial charge in [0.25, 0.3) is 0 Å². The largest absolute Gasteiger partial charge is 0.480 e. The maximum Gasteiger partial charge on any atom is 0.326 e. The van der Waals surface area contributed by atoms with Gasteiger partial charge in [-0.25, -0.2) is 4.79 Å². The highest BCUT2D eigenvalue weighted by Crippen LogP contribution is 2.19. The van der Waals surface area contributed by atoms with Crippen molar-refractivity contribution in [3.8, 4) is 0 Å². The van der Waals surface area contributed by atoms with Crippen LogP contribution in [0.5, 0.6) is 0 Å². The van der Waals surface area contributed by atoms with Crippen molar-refractivity contribution in [3.63, 3.8) is 0 Å². The minimum absolute atomic E-state index is 0.110. The molecule has 2 heterocycles. The Hall–Kier alpha value is -1.92. The van der Waals surface area contributed by atoms with Gasteiger partial charge in [-0.2, -0.15) is 4.98 Å². The van der Waals surface area contributed by atoms with Crippen LogP contribution in [0.3, 0.4) is 0 Å². The smallest absolute Gasteiger partial charge is 0.326 e. The van der Waals surface area contributed by atoms with Crippen molar-refractivity contribution < 1.29 is 19.2 Å². The summed E-state index contributed by atoms with van der Waals surface area (Å²) >= 11 is 0. The molecule has 1 aliphatic heterocycles. The Morgan fingerprint density at radius 3 is 2.95 bits per heavy atom. The van der Waals surface area contributed by atoms with Crippen molar-refractivity contribution in [2.75, 3.05) is 6.54 Å². The Labute approximate surface area is 110 Å². The van der Waals surface area contributed by atoms with Crippen LogP contribution in [0.1, 0.15) is 37.4 Å². The predicted molar refractivity (Wildman–Crippen MR) is 64.3 cm³/mol. The summed E-state index contributed by atoms with van der Waals surface area (Å²) in [6, 6.07) is -0.654. The van der Waals surface area contributed by atoms with Gasteiger partial charge in [0.05, 0.1) is 0 Å². The normalized spacial score (nSPS) is 18.8. The predicted octanol–water partition coefficient (Wildman–Crippen LogP) is 0.776. The maximum atomic E-state index is 12.0. The molecule has 0 saturated carbocycles. The van der Waals surface area contributed by atoms with E-state index in [9.17, 15) is 9.59 Å². The van der Waals surface area contributed by atoms with E-state index in [1.807, 2.05) is 0 Å². The van der Waals surface area contributed by atoms with Gasteiger partial charge in [-0.05, 0) is 26.2 Å². The fourth-order valence-corrected chi connectivity index (χ4v) is 2.30. The third-order valence-electron chi connectivity index (χ3n) is 3.21. The number of nitrogens with zero attached hydrogens (tertiary/aromatic N) is 3. The van der Waals surface area contributed by atoms with Crippen LogP contribution >= 0.6 is 0 Å². The molecule has 7 nitrogen and oxygen atoms in total. The molecule has 1 N–H and O–H groups in total. The summed E-state index contributed by atoms with van der Waals surface area (Å²) in [5.74, 6) is 0.0628. The van der Waals surface area contributed by atoms with Gasteiger partial charge in [0.15, 0.2) is 5.82 Å². The van der Waals surface area contributed by atoms with Crippen molar-refractivity contribution in [1.82, 2.24) is 15.0 Å². The van der Waals surface area contributed by atoms with Crippen LogP contribution in [-0.2, 0) is 16.0 Å². The lowest BCUT2D eigenvalue weighted by molar-refractivity contribution is -0.148. The van der Waals surface area contributed by atoms with E-state index >= 15 is 0 Å². The van der Waals surface area contributed by atoms with Gasteiger partial charge in [0.1, 0.15) is 6.04 Å². The monoisotopic (exact) mass is 267 g/mol. The van der Waals surface area contributed by atoms with Gasteiger partial charge < -0.3 is 14.5 Å². The number of rotatable bonds is 5. The van der Waals surface area contributed by atoms with E-state index in [4.69, 9.17) is 9.63 Å². The molecule has 0 radical (unpaired) electrons. The van der Waals surface area contributed by atoms with Gasteiger partial charge in [0.2, 0.25) is 11.8 Å². The minimum atomic E-state index is -0.918. The fraction of sp³-hybridized carbons (Fsp3) is 0.667. The average molecular weight is 267 g/mol. The van der Waals surface area contributed by atoms with Crippen molar-refractivity contribution >= 4 is 11.9 Å². The second kappa shape index (κ2) is 5.81. The quantitative estimate of drug-likeness (QED) is 0.846. The lowest BCUT2D eigenvalue weighted by atomic mass is 10.2. The fourth-order valence-electron chi connectivity index (χ4n) is 2.30. The molecule has 0 unspecified atom stereocenters. The summed E-state index contributed by atoms with van der Waals surface area (Å²) in [4.78, 5) is 28.5. The van der Waals surface area contributed by atoms with Gasteiger partial charge in [-0.3, -0.25) is 4.79 Å². The van der Waals surface area contributed by atoms with Crippen LogP contribution in [0.4, 0.5) is 0 Å². The maximum absolute atomic E-state index is 12.0. The highest BCUT2D eigenvalue weighted by molar-refractivity contribution is 5.84. The topological polar surface area (TPSA) is 96.5 Å². The lowest BCUT2D eigenvalue weighted by Crippen LogP contribution is -2.40. The third-order valence-corrected chi connectivity index (χ3v) is 3.21. The molecule has 1 aromatic heterocycles. The molecular weight excluding hydrogens is 250 g/mol. The molecule has 19 heavy (non-hydrogen) atoms. The standard InChI is InChI=1S/C12H17N3O4/c1-8-13-10(19-14-8)5-2-6-11(16)15-7-3-4-9(15)12(17)18/h9H,2-7H2,1H3,(H,17,18)/t9-/m0/s1. The first-order chi connectivity index (χ1) is 9.08. The number of aromatic nitrogens is 2. The van der Waals surface area contributed by atoms with Crippen LogP contribution in [0.25, 0.3) is 0 Å². The second-order valence-corrected chi connectivity index (χ2v) is 4.67. The van der Waals surface area contributed by atoms with Crippen molar-refractivity contribution in [3.05, 3.63) is 11.7 Å². The highest BCUT2D eigenvalue weighted by Gasteiger charge is 2.33. The summed E-state index contributed by atoms with van der Waals surface area (Å²) < 4.78 is 4.95. The zero-order valence-corrected chi connectivity index (χ0v) is 10.8. The first kappa shape index (κ1) is 13.5. The summed E-state index contributed by atoms with van der Waals surface area (Å²) in [7, 11) is 0. The first-order valence-electron chi connectivity index (χ1n) is 6.39. The van der Waals surface area contributed by atoms with Gasteiger partial charge in [-0.15, -0.1) is 0 Å². The summed E-state index contributed by atoms with van der Waals surface area (Å²) in [5.41, 5.74) is 0. The molecular formula is C12H17N3O4. The average Bonchev–Trinajstić information content (AvgIpc) is 2.97. The number of hydrogen-bond donors (Lipinski definition) is 1. The van der Waals surface area contributed by atoms with E-state index in [1.165, 1.54) is 4.90 Å². The summed E-state index contributed by atoms with van der Waals surface area (Å²) in [6.45, 7) is 2.27. The molecule has 104 valence electrons. The van der Waals surface area contributed by atoms with Crippen LogP contribution < -0.4 is 0 Å². The molecule has 1 aliphatic rings. The van der Waals surface area contributed by atoms with E-state index in [0.29, 0.717) is 43.9 Å². The Kier molecular flexibility index (Phi) is 4.13. The van der Waals surface area contributed by atoms with E-state index < -0.39 is 12.0 Å². The number of carbonyl (C=O) groups excluding carboxylic acids is 1. The Morgan fingerprint density at radius 2 is 2.32 bits per heavy atom. The SMILES string of the molecule is Cc1noc(CCCC(=O)N2CCC[C@H]2C(=O)O)n1. The molecule has 0 spiro atoms. The van der Waals surface area contributed by atoms with Crippen LogP contribution in [0.15, 0.2) is 4.52 Å². The lowest BCUT2D eigenvalue weighted by Gasteiger charge is -2.21. The van der Waals surface area contributed by atoms with Crippen molar-refractivity contribution in [2.45, 2.75) is 45.1 Å². The Balaban J connectivity index is 1.79. The Morgan fingerprint density at radius 1 is 1.53 bits per heavy atom. The molecule has 0 aliphatic carbocycles. The minimum Gasteiger partial charge on any atom is -0.480 e. The second-order valence-electron chi connectivity index (χ2n) is 4.67. The molecule has 1 amide bonds. The first-order valence-corrected chi connectivity index (χ1v) is 6.39. The number of carboxylic acid groups (broad SMARTS) is 1. The number of hydrogen-bond acceptors (Lipinski definition) is 5. The summed E-state index contributed by atoms with van der Waals surface area (Å²) in [5, 5.41) is 12.7. The molecule has 1 atom stereocenters.